The number of methoxy groups -OCH3 is 2. The summed E-state index contributed by atoms with van der Waals surface area (Å²) in [7, 11) is 3.27. The van der Waals surface area contributed by atoms with Crippen LogP contribution in [0.5, 0.6) is 5.75 Å². The molecule has 1 aromatic heterocycles. The monoisotopic (exact) mass is 476 g/mol. The van der Waals surface area contributed by atoms with Crippen molar-refractivity contribution in [2.24, 2.45) is 5.92 Å². The molecule has 3 aromatic rings. The summed E-state index contributed by atoms with van der Waals surface area (Å²) in [5.74, 6) is 0.655. The summed E-state index contributed by atoms with van der Waals surface area (Å²) in [6.45, 7) is 2.30. The number of nitrogens with one attached hydrogen (secondary N) is 1. The maximum Gasteiger partial charge on any atom is 0.257 e. The van der Waals surface area contributed by atoms with Crippen molar-refractivity contribution in [1.82, 2.24) is 20.0 Å². The summed E-state index contributed by atoms with van der Waals surface area (Å²) in [5, 5.41) is 7.75. The van der Waals surface area contributed by atoms with Crippen LogP contribution in [0.2, 0.25) is 0 Å². The van der Waals surface area contributed by atoms with E-state index >= 15 is 0 Å². The molecule has 8 heteroatoms. The number of nitrogens with zero attached hydrogens (tertiary/aromatic N) is 3. The number of carbonyl (C=O) groups excluding carboxylic acids is 2. The number of likely N-dealkylation sites (tertiary alicyclic amines) is 1. The van der Waals surface area contributed by atoms with Gasteiger partial charge in [-0.3, -0.25) is 9.59 Å². The Morgan fingerprint density at radius 3 is 2.40 bits per heavy atom. The van der Waals surface area contributed by atoms with Crippen molar-refractivity contribution in [2.45, 2.75) is 19.3 Å². The number of hydrogen-bond acceptors (Lipinski definition) is 5. The van der Waals surface area contributed by atoms with E-state index in [4.69, 9.17) is 14.6 Å². The van der Waals surface area contributed by atoms with Gasteiger partial charge in [-0.25, -0.2) is 4.68 Å². The Kier molecular flexibility index (Phi) is 8.15. The van der Waals surface area contributed by atoms with Crippen molar-refractivity contribution in [3.8, 4) is 22.7 Å². The summed E-state index contributed by atoms with van der Waals surface area (Å²) in [6.07, 6.45) is 3.88. The average molecular weight is 477 g/mol. The number of carbonyl (C=O) groups is 2. The third-order valence-electron chi connectivity index (χ3n) is 6.31. The zero-order valence-electron chi connectivity index (χ0n) is 20.3. The summed E-state index contributed by atoms with van der Waals surface area (Å²) >= 11 is 0. The molecule has 2 amide bonds. The van der Waals surface area contributed by atoms with Crippen LogP contribution in [0.1, 0.15) is 29.6 Å². The fraction of sp³-hybridized carbons (Fsp3) is 0.370. The van der Waals surface area contributed by atoms with Crippen LogP contribution < -0.4 is 10.1 Å². The predicted molar refractivity (Wildman–Crippen MR) is 134 cm³/mol. The lowest BCUT2D eigenvalue weighted by Gasteiger charge is -2.31. The van der Waals surface area contributed by atoms with Crippen LogP contribution in [0.25, 0.3) is 16.9 Å². The Bertz CT molecular complexity index is 1120. The number of para-hydroxylation sites is 1. The van der Waals surface area contributed by atoms with Gasteiger partial charge < -0.3 is 19.7 Å². The van der Waals surface area contributed by atoms with Crippen molar-refractivity contribution >= 4 is 11.8 Å². The third kappa shape index (κ3) is 5.89. The van der Waals surface area contributed by atoms with E-state index in [1.807, 2.05) is 59.5 Å². The van der Waals surface area contributed by atoms with Gasteiger partial charge in [0.2, 0.25) is 5.91 Å². The second-order valence-electron chi connectivity index (χ2n) is 8.60. The molecule has 184 valence electrons. The lowest BCUT2D eigenvalue weighted by Crippen LogP contribution is -2.43. The number of amides is 2. The van der Waals surface area contributed by atoms with Gasteiger partial charge in [-0.1, -0.05) is 18.2 Å². The molecule has 0 unspecified atom stereocenters. The summed E-state index contributed by atoms with van der Waals surface area (Å²) in [5.41, 5.74) is 2.89. The highest BCUT2D eigenvalue weighted by Crippen LogP contribution is 2.28. The van der Waals surface area contributed by atoms with E-state index in [0.29, 0.717) is 50.3 Å². The smallest absolute Gasteiger partial charge is 0.257 e. The largest absolute Gasteiger partial charge is 0.497 e. The number of rotatable bonds is 9. The molecule has 0 aliphatic carbocycles. The van der Waals surface area contributed by atoms with Gasteiger partial charge in [0.15, 0.2) is 0 Å². The van der Waals surface area contributed by atoms with Gasteiger partial charge in [0.05, 0.1) is 18.4 Å². The highest BCUT2D eigenvalue weighted by molar-refractivity contribution is 6.00. The lowest BCUT2D eigenvalue weighted by atomic mass is 9.95. The molecular weight excluding hydrogens is 444 g/mol. The maximum absolute atomic E-state index is 13.6. The molecule has 2 aromatic carbocycles. The second kappa shape index (κ2) is 11.7. The molecule has 1 aliphatic heterocycles. The van der Waals surface area contributed by atoms with Crippen LogP contribution in [0.15, 0.2) is 60.8 Å². The van der Waals surface area contributed by atoms with E-state index in [1.54, 1.807) is 25.1 Å². The van der Waals surface area contributed by atoms with E-state index in [0.717, 1.165) is 23.4 Å². The zero-order chi connectivity index (χ0) is 24.6. The number of hydrogen-bond donors (Lipinski definition) is 1. The predicted octanol–water partition coefficient (Wildman–Crippen LogP) is 3.55. The van der Waals surface area contributed by atoms with E-state index in [-0.39, 0.29) is 17.7 Å². The highest BCUT2D eigenvalue weighted by atomic mass is 16.5. The fourth-order valence-corrected chi connectivity index (χ4v) is 4.29. The Morgan fingerprint density at radius 2 is 1.74 bits per heavy atom. The number of benzene rings is 2. The van der Waals surface area contributed by atoms with Gasteiger partial charge in [-0.05, 0) is 55.7 Å². The summed E-state index contributed by atoms with van der Waals surface area (Å²) < 4.78 is 12.0. The van der Waals surface area contributed by atoms with Crippen molar-refractivity contribution in [3.05, 3.63) is 66.4 Å². The molecule has 0 radical (unpaired) electrons. The zero-order valence-corrected chi connectivity index (χ0v) is 20.3. The maximum atomic E-state index is 13.6. The molecule has 0 saturated carbocycles. The summed E-state index contributed by atoms with van der Waals surface area (Å²) in [4.78, 5) is 27.9. The van der Waals surface area contributed by atoms with Gasteiger partial charge in [0, 0.05) is 51.0 Å². The van der Waals surface area contributed by atoms with Crippen molar-refractivity contribution in [2.75, 3.05) is 40.5 Å². The van der Waals surface area contributed by atoms with Gasteiger partial charge in [0.25, 0.3) is 5.91 Å². The summed E-state index contributed by atoms with van der Waals surface area (Å²) in [6, 6.07) is 17.3. The molecule has 0 atom stereocenters. The minimum atomic E-state index is -0.0744. The van der Waals surface area contributed by atoms with Gasteiger partial charge >= 0.3 is 0 Å². The molecule has 1 N–H and O–H groups in total. The Balaban J connectivity index is 1.51. The van der Waals surface area contributed by atoms with Crippen LogP contribution in [0.4, 0.5) is 0 Å². The fourth-order valence-electron chi connectivity index (χ4n) is 4.29. The van der Waals surface area contributed by atoms with E-state index in [2.05, 4.69) is 5.32 Å². The molecule has 4 rings (SSSR count). The topological polar surface area (TPSA) is 85.7 Å². The first-order chi connectivity index (χ1) is 17.1. The van der Waals surface area contributed by atoms with Gasteiger partial charge in [0.1, 0.15) is 11.4 Å². The molecular formula is C27H32N4O4. The molecule has 1 saturated heterocycles. The lowest BCUT2D eigenvalue weighted by molar-refractivity contribution is -0.126. The SMILES string of the molecule is COCCCNC(=O)C1CCN(C(=O)c2cn(-c3ccccc3)nc2-c2ccc(OC)cc2)CC1. The minimum Gasteiger partial charge on any atom is -0.497 e. The molecule has 35 heavy (non-hydrogen) atoms. The van der Waals surface area contributed by atoms with E-state index in [9.17, 15) is 9.59 Å². The molecule has 0 spiro atoms. The first-order valence-electron chi connectivity index (χ1n) is 12.0. The van der Waals surface area contributed by atoms with Crippen molar-refractivity contribution in [1.29, 1.82) is 0 Å². The molecule has 1 fully saturated rings. The molecule has 2 heterocycles. The van der Waals surface area contributed by atoms with Crippen molar-refractivity contribution < 1.29 is 19.1 Å². The van der Waals surface area contributed by atoms with Crippen LogP contribution in [0, 0.1) is 5.92 Å². The van der Waals surface area contributed by atoms with Crippen LogP contribution in [-0.2, 0) is 9.53 Å². The highest BCUT2D eigenvalue weighted by Gasteiger charge is 2.30. The Hall–Kier alpha value is -3.65. The Labute approximate surface area is 205 Å². The number of piperidine rings is 1. The average Bonchev–Trinajstić information content (AvgIpc) is 3.37. The first kappa shape index (κ1) is 24.5. The third-order valence-corrected chi connectivity index (χ3v) is 6.31. The second-order valence-corrected chi connectivity index (χ2v) is 8.60. The quantitative estimate of drug-likeness (QED) is 0.478. The molecule has 1 aliphatic rings. The molecule has 8 nitrogen and oxygen atoms in total. The van der Waals surface area contributed by atoms with Crippen LogP contribution in [-0.4, -0.2) is 67.0 Å². The number of aromatic nitrogens is 2. The van der Waals surface area contributed by atoms with Crippen LogP contribution in [0.3, 0.4) is 0 Å². The first-order valence-corrected chi connectivity index (χ1v) is 12.0. The molecule has 0 bridgehead atoms. The van der Waals surface area contributed by atoms with Gasteiger partial charge in [-0.2, -0.15) is 5.10 Å². The van der Waals surface area contributed by atoms with Crippen molar-refractivity contribution in [3.63, 3.8) is 0 Å². The Morgan fingerprint density at radius 1 is 1.03 bits per heavy atom. The minimum absolute atomic E-state index is 0.0593. The van der Waals surface area contributed by atoms with Gasteiger partial charge in [-0.15, -0.1) is 0 Å². The number of ether oxygens (including phenoxy) is 2. The standard InChI is InChI=1S/C27H32N4O4/c1-34-18-6-15-28-26(32)21-13-16-30(17-14-21)27(33)24-19-31(22-7-4-3-5-8-22)29-25(24)20-9-11-23(35-2)12-10-20/h3-5,7-12,19,21H,6,13-18H2,1-2H3,(H,28,32). The van der Waals surface area contributed by atoms with E-state index < -0.39 is 0 Å². The van der Waals surface area contributed by atoms with E-state index in [1.165, 1.54) is 0 Å². The van der Waals surface area contributed by atoms with Crippen LogP contribution >= 0.6 is 0 Å². The normalized spacial score (nSPS) is 14.1.